The minimum atomic E-state index is -0.445. The molecule has 2 rings (SSSR count). The number of aryl methyl sites for hydroxylation is 2. The SMILES string of the molecule is COc1ccc(C(C)NC(=O)NCCCc2cn[nH]c2C)cc1F. The number of nitrogens with one attached hydrogen (secondary N) is 3. The van der Waals surface area contributed by atoms with Crippen molar-refractivity contribution in [1.29, 1.82) is 0 Å². The molecule has 7 heteroatoms. The molecule has 130 valence electrons. The molecule has 1 heterocycles. The minimum absolute atomic E-state index is 0.185. The molecule has 0 aliphatic rings. The number of carbonyl (C=O) groups is 1. The highest BCUT2D eigenvalue weighted by Gasteiger charge is 2.12. The maximum absolute atomic E-state index is 13.7. The van der Waals surface area contributed by atoms with E-state index in [0.717, 1.165) is 24.1 Å². The number of urea groups is 1. The van der Waals surface area contributed by atoms with Gasteiger partial charge in [0, 0.05) is 12.2 Å². The molecule has 3 N–H and O–H groups in total. The molecule has 0 bridgehead atoms. The smallest absolute Gasteiger partial charge is 0.315 e. The fraction of sp³-hybridized carbons (Fsp3) is 0.412. The number of rotatable bonds is 7. The molecule has 0 radical (unpaired) electrons. The zero-order chi connectivity index (χ0) is 17.5. The monoisotopic (exact) mass is 334 g/mol. The highest BCUT2D eigenvalue weighted by atomic mass is 19.1. The molecule has 6 nitrogen and oxygen atoms in total. The quantitative estimate of drug-likeness (QED) is 0.681. The van der Waals surface area contributed by atoms with Crippen LogP contribution in [0.15, 0.2) is 24.4 Å². The van der Waals surface area contributed by atoms with E-state index in [0.29, 0.717) is 12.1 Å². The van der Waals surface area contributed by atoms with E-state index in [9.17, 15) is 9.18 Å². The summed E-state index contributed by atoms with van der Waals surface area (Å²) in [5, 5.41) is 12.4. The predicted molar refractivity (Wildman–Crippen MR) is 89.5 cm³/mol. The van der Waals surface area contributed by atoms with E-state index in [-0.39, 0.29) is 17.8 Å². The Balaban J connectivity index is 1.75. The first-order chi connectivity index (χ1) is 11.5. The number of hydrogen-bond donors (Lipinski definition) is 3. The van der Waals surface area contributed by atoms with Crippen LogP contribution in [0.3, 0.4) is 0 Å². The van der Waals surface area contributed by atoms with Crippen molar-refractivity contribution in [3.05, 3.63) is 47.0 Å². The van der Waals surface area contributed by atoms with Crippen molar-refractivity contribution in [3.8, 4) is 5.75 Å². The molecule has 1 atom stereocenters. The van der Waals surface area contributed by atoms with Crippen LogP contribution in [0.1, 0.15) is 36.2 Å². The highest BCUT2D eigenvalue weighted by Crippen LogP contribution is 2.21. The molecule has 2 amide bonds. The lowest BCUT2D eigenvalue weighted by Gasteiger charge is -2.16. The first-order valence-corrected chi connectivity index (χ1v) is 7.88. The summed E-state index contributed by atoms with van der Waals surface area (Å²) in [5.74, 6) is -0.260. The topological polar surface area (TPSA) is 79.0 Å². The van der Waals surface area contributed by atoms with E-state index >= 15 is 0 Å². The Morgan fingerprint density at radius 2 is 2.25 bits per heavy atom. The van der Waals surface area contributed by atoms with Gasteiger partial charge in [0.15, 0.2) is 11.6 Å². The average Bonchev–Trinajstić information content (AvgIpc) is 2.96. The van der Waals surface area contributed by atoms with E-state index in [1.165, 1.54) is 13.2 Å². The summed E-state index contributed by atoms with van der Waals surface area (Å²) in [4.78, 5) is 11.9. The molecule has 24 heavy (non-hydrogen) atoms. The second-order valence-electron chi connectivity index (χ2n) is 5.64. The summed E-state index contributed by atoms with van der Waals surface area (Å²) >= 11 is 0. The predicted octanol–water partition coefficient (Wildman–Crippen LogP) is 2.86. The van der Waals surface area contributed by atoms with Crippen molar-refractivity contribution in [2.75, 3.05) is 13.7 Å². The van der Waals surface area contributed by atoms with Gasteiger partial charge in [-0.1, -0.05) is 6.07 Å². The lowest BCUT2D eigenvalue weighted by Crippen LogP contribution is -2.37. The summed E-state index contributed by atoms with van der Waals surface area (Å²) < 4.78 is 18.6. The Bertz CT molecular complexity index is 687. The van der Waals surface area contributed by atoms with Crippen LogP contribution in [0.2, 0.25) is 0 Å². The molecule has 0 aliphatic heterocycles. The number of aromatic amines is 1. The zero-order valence-electron chi connectivity index (χ0n) is 14.1. The molecule has 1 aromatic carbocycles. The highest BCUT2D eigenvalue weighted by molar-refractivity contribution is 5.74. The molecule has 0 saturated heterocycles. The van der Waals surface area contributed by atoms with E-state index in [1.807, 2.05) is 6.92 Å². The zero-order valence-corrected chi connectivity index (χ0v) is 14.1. The summed E-state index contributed by atoms with van der Waals surface area (Å²) in [6, 6.07) is 4.07. The summed E-state index contributed by atoms with van der Waals surface area (Å²) in [6.45, 7) is 4.33. The number of benzene rings is 1. The van der Waals surface area contributed by atoms with Crippen molar-refractivity contribution in [1.82, 2.24) is 20.8 Å². The van der Waals surface area contributed by atoms with Crippen LogP contribution in [-0.4, -0.2) is 29.9 Å². The summed E-state index contributed by atoms with van der Waals surface area (Å²) in [5.41, 5.74) is 2.88. The normalized spacial score (nSPS) is 11.8. The van der Waals surface area contributed by atoms with Crippen LogP contribution >= 0.6 is 0 Å². The van der Waals surface area contributed by atoms with Crippen molar-refractivity contribution >= 4 is 6.03 Å². The van der Waals surface area contributed by atoms with Gasteiger partial charge >= 0.3 is 6.03 Å². The number of carbonyl (C=O) groups excluding carboxylic acids is 1. The van der Waals surface area contributed by atoms with Gasteiger partial charge in [0.2, 0.25) is 0 Å². The third kappa shape index (κ3) is 4.71. The van der Waals surface area contributed by atoms with Crippen LogP contribution in [0.4, 0.5) is 9.18 Å². The first-order valence-electron chi connectivity index (χ1n) is 7.88. The summed E-state index contributed by atoms with van der Waals surface area (Å²) in [7, 11) is 1.41. The number of amides is 2. The maximum atomic E-state index is 13.7. The molecule has 2 aromatic rings. The van der Waals surface area contributed by atoms with Gasteiger partial charge in [-0.05, 0) is 49.9 Å². The van der Waals surface area contributed by atoms with E-state index < -0.39 is 5.82 Å². The van der Waals surface area contributed by atoms with E-state index in [2.05, 4.69) is 20.8 Å². The fourth-order valence-corrected chi connectivity index (χ4v) is 2.39. The number of hydrogen-bond acceptors (Lipinski definition) is 3. The second-order valence-corrected chi connectivity index (χ2v) is 5.64. The van der Waals surface area contributed by atoms with Crippen molar-refractivity contribution in [2.45, 2.75) is 32.7 Å². The number of halogens is 1. The van der Waals surface area contributed by atoms with Gasteiger partial charge in [0.05, 0.1) is 19.3 Å². The maximum Gasteiger partial charge on any atom is 0.315 e. The van der Waals surface area contributed by atoms with Gasteiger partial charge in [0.1, 0.15) is 0 Å². The van der Waals surface area contributed by atoms with Gasteiger partial charge in [0.25, 0.3) is 0 Å². The van der Waals surface area contributed by atoms with Gasteiger partial charge < -0.3 is 15.4 Å². The van der Waals surface area contributed by atoms with Gasteiger partial charge in [-0.15, -0.1) is 0 Å². The third-order valence-electron chi connectivity index (χ3n) is 3.87. The largest absolute Gasteiger partial charge is 0.494 e. The summed E-state index contributed by atoms with van der Waals surface area (Å²) in [6.07, 6.45) is 3.47. The molecule has 0 aliphatic carbocycles. The van der Waals surface area contributed by atoms with E-state index in [1.54, 1.807) is 25.3 Å². The van der Waals surface area contributed by atoms with Crippen molar-refractivity contribution in [3.63, 3.8) is 0 Å². The molecule has 0 spiro atoms. The number of ether oxygens (including phenoxy) is 1. The lowest BCUT2D eigenvalue weighted by atomic mass is 10.1. The standard InChI is InChI=1S/C17H23FN4O2/c1-11(13-6-7-16(24-3)15(18)9-13)21-17(23)19-8-4-5-14-10-20-22-12(14)2/h6-7,9-11H,4-5,8H2,1-3H3,(H,20,22)(H2,19,21,23). The van der Waals surface area contributed by atoms with E-state index in [4.69, 9.17) is 4.74 Å². The third-order valence-corrected chi connectivity index (χ3v) is 3.87. The Morgan fingerprint density at radius 1 is 1.46 bits per heavy atom. The van der Waals surface area contributed by atoms with Gasteiger partial charge in [-0.2, -0.15) is 5.10 Å². The molecule has 0 saturated carbocycles. The lowest BCUT2D eigenvalue weighted by molar-refractivity contribution is 0.238. The van der Waals surface area contributed by atoms with Crippen LogP contribution in [0, 0.1) is 12.7 Å². The Kier molecular flexibility index (Phi) is 6.17. The van der Waals surface area contributed by atoms with Gasteiger partial charge in [-0.3, -0.25) is 5.10 Å². The molecule has 1 aromatic heterocycles. The van der Waals surface area contributed by atoms with Gasteiger partial charge in [-0.25, -0.2) is 9.18 Å². The minimum Gasteiger partial charge on any atom is -0.494 e. The van der Waals surface area contributed by atoms with Crippen LogP contribution < -0.4 is 15.4 Å². The van der Waals surface area contributed by atoms with Crippen LogP contribution in [0.5, 0.6) is 5.75 Å². The average molecular weight is 334 g/mol. The van der Waals surface area contributed by atoms with Crippen molar-refractivity contribution < 1.29 is 13.9 Å². The Labute approximate surface area is 140 Å². The Morgan fingerprint density at radius 3 is 2.88 bits per heavy atom. The number of H-pyrrole nitrogens is 1. The Hall–Kier alpha value is -2.57. The van der Waals surface area contributed by atoms with Crippen LogP contribution in [-0.2, 0) is 6.42 Å². The molecular formula is C17H23FN4O2. The molecule has 0 fully saturated rings. The van der Waals surface area contributed by atoms with Crippen LogP contribution in [0.25, 0.3) is 0 Å². The fourth-order valence-electron chi connectivity index (χ4n) is 2.39. The molecule has 1 unspecified atom stereocenters. The number of nitrogens with zero attached hydrogens (tertiary/aromatic N) is 1. The molecular weight excluding hydrogens is 311 g/mol. The van der Waals surface area contributed by atoms with Crippen molar-refractivity contribution in [2.24, 2.45) is 0 Å². The first kappa shape index (κ1) is 17.8. The number of aromatic nitrogens is 2. The number of methoxy groups -OCH3 is 1. The second kappa shape index (κ2) is 8.33.